The minimum Gasteiger partial charge on any atom is -0.314 e. The maximum absolute atomic E-state index is 12.8. The van der Waals surface area contributed by atoms with Crippen LogP contribution in [0.4, 0.5) is 26.3 Å². The molecule has 0 spiro atoms. The van der Waals surface area contributed by atoms with E-state index in [-0.39, 0.29) is 24.9 Å². The Labute approximate surface area is 177 Å². The van der Waals surface area contributed by atoms with Crippen molar-refractivity contribution >= 4 is 12.4 Å². The lowest BCUT2D eigenvalue weighted by atomic mass is 9.96. The van der Waals surface area contributed by atoms with E-state index in [0.717, 1.165) is 36.3 Å². The van der Waals surface area contributed by atoms with E-state index in [1.165, 1.54) is 12.1 Å². The van der Waals surface area contributed by atoms with Crippen LogP contribution in [-0.4, -0.2) is 37.3 Å². The van der Waals surface area contributed by atoms with Gasteiger partial charge in [0, 0.05) is 38.6 Å². The average Bonchev–Trinajstić information content (AvgIpc) is 2.68. The molecule has 9 heteroatoms. The number of rotatable bonds is 5. The zero-order valence-electron chi connectivity index (χ0n) is 16.1. The van der Waals surface area contributed by atoms with E-state index >= 15 is 0 Å². The van der Waals surface area contributed by atoms with Crippen molar-refractivity contribution < 1.29 is 26.3 Å². The van der Waals surface area contributed by atoms with Crippen LogP contribution < -0.4 is 5.32 Å². The first-order chi connectivity index (χ1) is 13.6. The zero-order chi connectivity index (χ0) is 21.1. The van der Waals surface area contributed by atoms with Crippen LogP contribution in [-0.2, 0) is 6.18 Å². The highest BCUT2D eigenvalue weighted by Gasteiger charge is 2.32. The number of alkyl halides is 6. The van der Waals surface area contributed by atoms with Gasteiger partial charge in [0.05, 0.1) is 5.56 Å². The average molecular weight is 453 g/mol. The van der Waals surface area contributed by atoms with Crippen LogP contribution >= 0.6 is 12.4 Å². The zero-order valence-corrected chi connectivity index (χ0v) is 16.9. The standard InChI is InChI=1S/C21H22F6N2.ClH/c22-20(23,24)10-9-19(29-13-11-28-12-14-29)17-3-1-15(2-4-17)16-5-7-18(8-6-16)21(25,26)27;/h1-8,19,28H,9-14H2;1H/t19-;/m0./s1. The molecule has 2 aromatic carbocycles. The summed E-state index contributed by atoms with van der Waals surface area (Å²) in [6, 6.07) is 11.5. The van der Waals surface area contributed by atoms with Crippen LogP contribution in [0.5, 0.6) is 0 Å². The summed E-state index contributed by atoms with van der Waals surface area (Å²) in [5.74, 6) is 0. The summed E-state index contributed by atoms with van der Waals surface area (Å²) in [4.78, 5) is 2.05. The normalized spacial score (nSPS) is 16.7. The van der Waals surface area contributed by atoms with Crippen LogP contribution in [0.1, 0.15) is 30.0 Å². The molecule has 0 aliphatic carbocycles. The second-order valence-corrected chi connectivity index (χ2v) is 7.15. The van der Waals surface area contributed by atoms with Crippen LogP contribution in [0, 0.1) is 0 Å². The Balaban J connectivity index is 0.00000320. The van der Waals surface area contributed by atoms with Crippen molar-refractivity contribution in [3.8, 4) is 11.1 Å². The molecule has 1 atom stereocenters. The lowest BCUT2D eigenvalue weighted by molar-refractivity contribution is -0.139. The molecular weight excluding hydrogens is 430 g/mol. The summed E-state index contributed by atoms with van der Waals surface area (Å²) in [7, 11) is 0. The van der Waals surface area contributed by atoms with Crippen molar-refractivity contribution in [3.05, 3.63) is 59.7 Å². The number of nitrogens with one attached hydrogen (secondary N) is 1. The molecule has 2 nitrogen and oxygen atoms in total. The Morgan fingerprint density at radius 2 is 1.30 bits per heavy atom. The van der Waals surface area contributed by atoms with Crippen LogP contribution in [0.25, 0.3) is 11.1 Å². The Hall–Kier alpha value is -1.77. The van der Waals surface area contributed by atoms with Gasteiger partial charge in [0.1, 0.15) is 0 Å². The van der Waals surface area contributed by atoms with Crippen molar-refractivity contribution in [2.75, 3.05) is 26.2 Å². The van der Waals surface area contributed by atoms with Gasteiger partial charge >= 0.3 is 12.4 Å². The molecule has 3 rings (SSSR count). The molecule has 30 heavy (non-hydrogen) atoms. The topological polar surface area (TPSA) is 15.3 Å². The Morgan fingerprint density at radius 1 is 0.800 bits per heavy atom. The van der Waals surface area contributed by atoms with Gasteiger partial charge in [0.2, 0.25) is 0 Å². The molecule has 166 valence electrons. The van der Waals surface area contributed by atoms with Crippen molar-refractivity contribution in [2.45, 2.75) is 31.2 Å². The number of piperazine rings is 1. The number of halogens is 7. The molecule has 1 saturated heterocycles. The molecule has 0 radical (unpaired) electrons. The summed E-state index contributed by atoms with van der Waals surface area (Å²) in [6.45, 7) is 2.80. The minimum atomic E-state index is -4.39. The largest absolute Gasteiger partial charge is 0.416 e. The molecular formula is C21H23ClF6N2. The SMILES string of the molecule is Cl.FC(F)(F)CC[C@@H](c1ccc(-c2ccc(C(F)(F)F)cc2)cc1)N1CCNCC1. The molecule has 1 N–H and O–H groups in total. The van der Waals surface area contributed by atoms with E-state index in [1.807, 2.05) is 0 Å². The van der Waals surface area contributed by atoms with Gasteiger partial charge in [-0.3, -0.25) is 4.90 Å². The van der Waals surface area contributed by atoms with E-state index in [0.29, 0.717) is 18.7 Å². The van der Waals surface area contributed by atoms with Gasteiger partial charge in [-0.25, -0.2) is 0 Å². The van der Waals surface area contributed by atoms with Gasteiger partial charge in [0.15, 0.2) is 0 Å². The monoisotopic (exact) mass is 452 g/mol. The number of nitrogens with zero attached hydrogens (tertiary/aromatic N) is 1. The second kappa shape index (κ2) is 10.0. The number of hydrogen-bond donors (Lipinski definition) is 1. The fourth-order valence-electron chi connectivity index (χ4n) is 3.60. The smallest absolute Gasteiger partial charge is 0.314 e. The highest BCUT2D eigenvalue weighted by Crippen LogP contribution is 2.34. The quantitative estimate of drug-likeness (QED) is 0.553. The van der Waals surface area contributed by atoms with Gasteiger partial charge in [0.25, 0.3) is 0 Å². The number of benzene rings is 2. The van der Waals surface area contributed by atoms with Crippen molar-refractivity contribution in [1.82, 2.24) is 10.2 Å². The van der Waals surface area contributed by atoms with E-state index in [1.54, 1.807) is 24.3 Å². The molecule has 1 aliphatic rings. The van der Waals surface area contributed by atoms with E-state index < -0.39 is 24.3 Å². The van der Waals surface area contributed by atoms with Gasteiger partial charge in [-0.05, 0) is 35.2 Å². The third-order valence-electron chi connectivity index (χ3n) is 5.13. The minimum absolute atomic E-state index is 0. The molecule has 0 aromatic heterocycles. The maximum atomic E-state index is 12.8. The second-order valence-electron chi connectivity index (χ2n) is 7.15. The highest BCUT2D eigenvalue weighted by atomic mass is 35.5. The molecule has 0 unspecified atom stereocenters. The maximum Gasteiger partial charge on any atom is 0.416 e. The first-order valence-corrected chi connectivity index (χ1v) is 9.42. The van der Waals surface area contributed by atoms with E-state index in [4.69, 9.17) is 0 Å². The first-order valence-electron chi connectivity index (χ1n) is 9.42. The lowest BCUT2D eigenvalue weighted by Gasteiger charge is -2.35. The fraction of sp³-hybridized carbons (Fsp3) is 0.429. The van der Waals surface area contributed by atoms with E-state index in [2.05, 4.69) is 10.2 Å². The predicted octanol–water partition coefficient (Wildman–Crippen LogP) is 6.08. The van der Waals surface area contributed by atoms with Crippen LogP contribution in [0.3, 0.4) is 0 Å². The molecule has 1 heterocycles. The Kier molecular flexibility index (Phi) is 8.19. The van der Waals surface area contributed by atoms with Crippen LogP contribution in [0.2, 0.25) is 0 Å². The predicted molar refractivity (Wildman–Crippen MR) is 107 cm³/mol. The highest BCUT2D eigenvalue weighted by molar-refractivity contribution is 5.85. The number of hydrogen-bond acceptors (Lipinski definition) is 2. The summed E-state index contributed by atoms with van der Waals surface area (Å²) >= 11 is 0. The van der Waals surface area contributed by atoms with Gasteiger partial charge in [-0.1, -0.05) is 36.4 Å². The molecule has 1 aliphatic heterocycles. The van der Waals surface area contributed by atoms with Gasteiger partial charge in [-0.2, -0.15) is 26.3 Å². The van der Waals surface area contributed by atoms with Crippen molar-refractivity contribution in [2.24, 2.45) is 0 Å². The van der Waals surface area contributed by atoms with E-state index in [9.17, 15) is 26.3 Å². The molecule has 1 fully saturated rings. The third kappa shape index (κ3) is 6.62. The fourth-order valence-corrected chi connectivity index (χ4v) is 3.60. The Morgan fingerprint density at radius 3 is 1.77 bits per heavy atom. The van der Waals surface area contributed by atoms with Gasteiger partial charge < -0.3 is 5.32 Å². The van der Waals surface area contributed by atoms with Crippen LogP contribution in [0.15, 0.2) is 48.5 Å². The summed E-state index contributed by atoms with van der Waals surface area (Å²) < 4.78 is 76.5. The molecule has 0 saturated carbocycles. The summed E-state index contributed by atoms with van der Waals surface area (Å²) in [6.07, 6.45) is -9.49. The molecule has 0 bridgehead atoms. The Bertz CT molecular complexity index is 781. The first kappa shape index (κ1) is 24.5. The van der Waals surface area contributed by atoms with Gasteiger partial charge in [-0.15, -0.1) is 12.4 Å². The van der Waals surface area contributed by atoms with Crippen molar-refractivity contribution in [1.29, 1.82) is 0 Å². The molecule has 0 amide bonds. The summed E-state index contributed by atoms with van der Waals surface area (Å²) in [5, 5.41) is 3.20. The molecule has 2 aromatic rings. The summed E-state index contributed by atoms with van der Waals surface area (Å²) in [5.41, 5.74) is 1.41. The third-order valence-corrected chi connectivity index (χ3v) is 5.13. The van der Waals surface area contributed by atoms with Crippen molar-refractivity contribution in [3.63, 3.8) is 0 Å². The lowest BCUT2D eigenvalue weighted by Crippen LogP contribution is -2.45.